The normalized spacial score (nSPS) is 10.4. The second-order valence-corrected chi connectivity index (χ2v) is 4.62. The van der Waals surface area contributed by atoms with Crippen LogP contribution in [0.25, 0.3) is 22.2 Å². The van der Waals surface area contributed by atoms with E-state index in [0.29, 0.717) is 10.9 Å². The summed E-state index contributed by atoms with van der Waals surface area (Å²) in [5, 5.41) is 9.51. The highest BCUT2D eigenvalue weighted by atomic mass is 16.1. The van der Waals surface area contributed by atoms with E-state index in [4.69, 9.17) is 5.26 Å². The van der Waals surface area contributed by atoms with Crippen LogP contribution in [0, 0.1) is 18.3 Å². The molecule has 0 atom stereocenters. The molecule has 0 spiro atoms. The van der Waals surface area contributed by atoms with Gasteiger partial charge in [0.05, 0.1) is 5.69 Å². The molecule has 1 N–H and O–H groups in total. The Morgan fingerprint density at radius 1 is 1.15 bits per heavy atom. The van der Waals surface area contributed by atoms with Gasteiger partial charge < -0.3 is 4.98 Å². The minimum absolute atomic E-state index is 0.243. The average molecular weight is 261 g/mol. The third kappa shape index (κ3) is 2.06. The van der Waals surface area contributed by atoms with Gasteiger partial charge in [0.2, 0.25) is 0 Å². The molecule has 2 heterocycles. The first-order valence-corrected chi connectivity index (χ1v) is 6.18. The Balaban J connectivity index is 2.21. The fourth-order valence-electron chi connectivity index (χ4n) is 2.09. The van der Waals surface area contributed by atoms with Crippen molar-refractivity contribution in [3.05, 3.63) is 64.1 Å². The number of pyridine rings is 2. The number of hydrogen-bond acceptors (Lipinski definition) is 3. The van der Waals surface area contributed by atoms with Crippen molar-refractivity contribution in [1.29, 1.82) is 5.26 Å². The van der Waals surface area contributed by atoms with E-state index < -0.39 is 0 Å². The van der Waals surface area contributed by atoms with Crippen LogP contribution in [-0.2, 0) is 0 Å². The van der Waals surface area contributed by atoms with Crippen LogP contribution in [-0.4, -0.2) is 9.97 Å². The van der Waals surface area contributed by atoms with Gasteiger partial charge in [0.25, 0.3) is 5.56 Å². The lowest BCUT2D eigenvalue weighted by Crippen LogP contribution is -2.09. The van der Waals surface area contributed by atoms with Gasteiger partial charge in [-0.2, -0.15) is 5.26 Å². The maximum atomic E-state index is 11.9. The minimum Gasteiger partial charge on any atom is -0.312 e. The molecule has 0 saturated carbocycles. The van der Waals surface area contributed by atoms with Gasteiger partial charge in [-0.3, -0.25) is 4.79 Å². The Morgan fingerprint density at radius 2 is 1.90 bits per heavy atom. The number of rotatable bonds is 1. The van der Waals surface area contributed by atoms with Crippen molar-refractivity contribution >= 4 is 10.9 Å². The molecule has 4 nitrogen and oxygen atoms in total. The van der Waals surface area contributed by atoms with Gasteiger partial charge in [-0.05, 0) is 19.1 Å². The highest BCUT2D eigenvalue weighted by molar-refractivity contribution is 5.81. The van der Waals surface area contributed by atoms with E-state index in [2.05, 4.69) is 9.97 Å². The fourth-order valence-corrected chi connectivity index (χ4v) is 2.09. The monoisotopic (exact) mass is 261 g/mol. The van der Waals surface area contributed by atoms with Crippen molar-refractivity contribution in [2.75, 3.05) is 0 Å². The van der Waals surface area contributed by atoms with Gasteiger partial charge >= 0.3 is 0 Å². The lowest BCUT2D eigenvalue weighted by Gasteiger charge is -2.03. The van der Waals surface area contributed by atoms with Crippen molar-refractivity contribution in [2.24, 2.45) is 0 Å². The predicted octanol–water partition coefficient (Wildman–Crippen LogP) is 2.77. The van der Waals surface area contributed by atoms with Crippen LogP contribution in [0.2, 0.25) is 0 Å². The molecule has 2 aromatic heterocycles. The van der Waals surface area contributed by atoms with Crippen molar-refractivity contribution in [2.45, 2.75) is 6.92 Å². The first kappa shape index (κ1) is 12.1. The molecule has 3 rings (SSSR count). The molecule has 0 amide bonds. The Labute approximate surface area is 115 Å². The van der Waals surface area contributed by atoms with E-state index in [1.54, 1.807) is 6.07 Å². The van der Waals surface area contributed by atoms with Crippen molar-refractivity contribution < 1.29 is 0 Å². The van der Waals surface area contributed by atoms with Crippen LogP contribution in [0.4, 0.5) is 0 Å². The number of aryl methyl sites for hydroxylation is 1. The molecule has 20 heavy (non-hydrogen) atoms. The summed E-state index contributed by atoms with van der Waals surface area (Å²) in [5.74, 6) is 0. The largest absolute Gasteiger partial charge is 0.312 e. The molecule has 0 unspecified atom stereocenters. The van der Waals surface area contributed by atoms with Crippen LogP contribution >= 0.6 is 0 Å². The van der Waals surface area contributed by atoms with E-state index in [0.717, 1.165) is 11.3 Å². The van der Waals surface area contributed by atoms with Gasteiger partial charge in [-0.15, -0.1) is 0 Å². The molecule has 0 aliphatic heterocycles. The average Bonchev–Trinajstić information content (AvgIpc) is 2.47. The molecule has 0 aliphatic carbocycles. The zero-order valence-electron chi connectivity index (χ0n) is 10.8. The number of benzene rings is 1. The van der Waals surface area contributed by atoms with E-state index in [-0.39, 0.29) is 11.3 Å². The van der Waals surface area contributed by atoms with E-state index >= 15 is 0 Å². The number of H-pyrrole nitrogens is 1. The maximum Gasteiger partial charge on any atom is 0.275 e. The summed E-state index contributed by atoms with van der Waals surface area (Å²) < 4.78 is 0. The smallest absolute Gasteiger partial charge is 0.275 e. The SMILES string of the molecule is Cc1ccc(-c2ccc3cc(C#N)[nH]c(=O)c3n2)cc1. The number of nitrogens with zero attached hydrogens (tertiary/aromatic N) is 2. The van der Waals surface area contributed by atoms with Gasteiger partial charge in [0.15, 0.2) is 0 Å². The number of nitriles is 1. The summed E-state index contributed by atoms with van der Waals surface area (Å²) in [5.41, 5.74) is 3.13. The molecule has 1 aromatic carbocycles. The third-order valence-electron chi connectivity index (χ3n) is 3.16. The molecular weight excluding hydrogens is 250 g/mol. The number of nitrogens with one attached hydrogen (secondary N) is 1. The summed E-state index contributed by atoms with van der Waals surface area (Å²) in [6, 6.07) is 15.2. The minimum atomic E-state index is -0.340. The number of aromatic amines is 1. The summed E-state index contributed by atoms with van der Waals surface area (Å²) in [4.78, 5) is 18.8. The molecule has 4 heteroatoms. The summed E-state index contributed by atoms with van der Waals surface area (Å²) in [6.45, 7) is 2.02. The van der Waals surface area contributed by atoms with Crippen LogP contribution in [0.3, 0.4) is 0 Å². The molecule has 96 valence electrons. The summed E-state index contributed by atoms with van der Waals surface area (Å²) in [6.07, 6.45) is 0. The fraction of sp³-hybridized carbons (Fsp3) is 0.0625. The Bertz CT molecular complexity index is 886. The zero-order chi connectivity index (χ0) is 14.1. The molecular formula is C16H11N3O. The first-order chi connectivity index (χ1) is 9.67. The summed E-state index contributed by atoms with van der Waals surface area (Å²) in [7, 11) is 0. The van der Waals surface area contributed by atoms with Gasteiger partial charge in [-0.25, -0.2) is 4.98 Å². The van der Waals surface area contributed by atoms with Gasteiger partial charge in [0.1, 0.15) is 17.3 Å². The quantitative estimate of drug-likeness (QED) is 0.732. The van der Waals surface area contributed by atoms with Crippen LogP contribution in [0.1, 0.15) is 11.3 Å². The molecule has 0 aliphatic rings. The number of aromatic nitrogens is 2. The number of fused-ring (bicyclic) bond motifs is 1. The Kier molecular flexibility index (Phi) is 2.81. The van der Waals surface area contributed by atoms with E-state index in [1.807, 2.05) is 49.4 Å². The highest BCUT2D eigenvalue weighted by Gasteiger charge is 2.06. The van der Waals surface area contributed by atoms with Crippen LogP contribution in [0.5, 0.6) is 0 Å². The zero-order valence-corrected chi connectivity index (χ0v) is 10.8. The summed E-state index contributed by atoms with van der Waals surface area (Å²) >= 11 is 0. The lowest BCUT2D eigenvalue weighted by molar-refractivity contribution is 1.20. The standard InChI is InChI=1S/C16H11N3O/c1-10-2-4-11(5-3-10)14-7-6-12-8-13(9-17)18-16(20)15(12)19-14/h2-8H,1H3,(H,18,20). The van der Waals surface area contributed by atoms with E-state index in [1.165, 1.54) is 5.56 Å². The second-order valence-electron chi connectivity index (χ2n) is 4.62. The second kappa shape index (κ2) is 4.63. The molecule has 0 fully saturated rings. The topological polar surface area (TPSA) is 69.5 Å². The Hall–Kier alpha value is -2.93. The highest BCUT2D eigenvalue weighted by Crippen LogP contribution is 2.20. The van der Waals surface area contributed by atoms with Gasteiger partial charge in [-0.1, -0.05) is 35.9 Å². The molecule has 0 radical (unpaired) electrons. The lowest BCUT2D eigenvalue weighted by atomic mass is 10.1. The molecule has 0 bridgehead atoms. The van der Waals surface area contributed by atoms with Crippen molar-refractivity contribution in [3.63, 3.8) is 0 Å². The van der Waals surface area contributed by atoms with Gasteiger partial charge in [0, 0.05) is 10.9 Å². The maximum absolute atomic E-state index is 11.9. The molecule has 0 saturated heterocycles. The van der Waals surface area contributed by atoms with Crippen molar-refractivity contribution in [1.82, 2.24) is 9.97 Å². The van der Waals surface area contributed by atoms with E-state index in [9.17, 15) is 4.79 Å². The predicted molar refractivity (Wildman–Crippen MR) is 77.3 cm³/mol. The van der Waals surface area contributed by atoms with Crippen LogP contribution in [0.15, 0.2) is 47.3 Å². The third-order valence-corrected chi connectivity index (χ3v) is 3.16. The first-order valence-electron chi connectivity index (χ1n) is 6.18. The van der Waals surface area contributed by atoms with Crippen LogP contribution < -0.4 is 5.56 Å². The van der Waals surface area contributed by atoms with Crippen molar-refractivity contribution in [3.8, 4) is 17.3 Å². The molecule has 3 aromatic rings. The number of hydrogen-bond donors (Lipinski definition) is 1. The Morgan fingerprint density at radius 3 is 2.60 bits per heavy atom.